The molecular weight excluding hydrogens is 230 g/mol. The van der Waals surface area contributed by atoms with Gasteiger partial charge in [-0.05, 0) is 32.1 Å². The third kappa shape index (κ3) is 2.42. The third-order valence-corrected chi connectivity index (χ3v) is 4.13. The molecule has 1 saturated heterocycles. The summed E-state index contributed by atoms with van der Waals surface area (Å²) in [6, 6.07) is 0.243. The summed E-state index contributed by atoms with van der Waals surface area (Å²) in [5.41, 5.74) is 0. The Kier molecular flexibility index (Phi) is 3.73. The van der Waals surface area contributed by atoms with Gasteiger partial charge in [0.15, 0.2) is 0 Å². The van der Waals surface area contributed by atoms with E-state index in [2.05, 4.69) is 13.8 Å². The number of allylic oxidation sites excluding steroid dienone is 2. The molecule has 0 radical (unpaired) electrons. The maximum Gasteiger partial charge on any atom is 0.307 e. The molecule has 4 heteroatoms. The molecule has 0 aromatic rings. The molecule has 1 aliphatic carbocycles. The highest BCUT2D eigenvalue weighted by Crippen LogP contribution is 2.31. The molecule has 18 heavy (non-hydrogen) atoms. The van der Waals surface area contributed by atoms with Crippen LogP contribution >= 0.6 is 0 Å². The van der Waals surface area contributed by atoms with Gasteiger partial charge in [0.05, 0.1) is 11.8 Å². The van der Waals surface area contributed by atoms with Gasteiger partial charge in [0.2, 0.25) is 5.91 Å². The zero-order valence-corrected chi connectivity index (χ0v) is 11.0. The van der Waals surface area contributed by atoms with Crippen LogP contribution in [0.25, 0.3) is 0 Å². The van der Waals surface area contributed by atoms with Gasteiger partial charge in [-0.25, -0.2) is 0 Å². The Morgan fingerprint density at radius 1 is 1.17 bits per heavy atom. The highest BCUT2D eigenvalue weighted by Gasteiger charge is 2.39. The molecule has 100 valence electrons. The second kappa shape index (κ2) is 5.12. The number of likely N-dealkylation sites (tertiary alicyclic amines) is 1. The van der Waals surface area contributed by atoms with Gasteiger partial charge in [-0.1, -0.05) is 19.1 Å². The van der Waals surface area contributed by atoms with E-state index < -0.39 is 11.9 Å². The van der Waals surface area contributed by atoms with Crippen molar-refractivity contribution in [3.8, 4) is 0 Å². The lowest BCUT2D eigenvalue weighted by atomic mass is 9.82. The minimum atomic E-state index is -0.849. The normalized spacial score (nSPS) is 35.8. The number of hydrogen-bond donors (Lipinski definition) is 1. The van der Waals surface area contributed by atoms with Gasteiger partial charge in [-0.2, -0.15) is 0 Å². The molecule has 4 nitrogen and oxygen atoms in total. The maximum atomic E-state index is 12.5. The second-order valence-electron chi connectivity index (χ2n) is 5.67. The molecule has 0 saturated carbocycles. The molecule has 4 unspecified atom stereocenters. The first kappa shape index (κ1) is 13.1. The molecular formula is C14H21NO3. The van der Waals surface area contributed by atoms with Gasteiger partial charge >= 0.3 is 5.97 Å². The fourth-order valence-electron chi connectivity index (χ4n) is 3.18. The first-order chi connectivity index (χ1) is 8.50. The smallest absolute Gasteiger partial charge is 0.307 e. The van der Waals surface area contributed by atoms with Crippen LogP contribution in [-0.4, -0.2) is 34.5 Å². The van der Waals surface area contributed by atoms with Crippen LogP contribution in [0.1, 0.15) is 33.1 Å². The minimum absolute atomic E-state index is 0.0311. The fourth-order valence-corrected chi connectivity index (χ4v) is 3.18. The molecule has 1 aliphatic heterocycles. The summed E-state index contributed by atoms with van der Waals surface area (Å²) >= 11 is 0. The van der Waals surface area contributed by atoms with Crippen LogP contribution in [-0.2, 0) is 9.59 Å². The summed E-state index contributed by atoms with van der Waals surface area (Å²) in [5, 5.41) is 9.21. The van der Waals surface area contributed by atoms with Crippen molar-refractivity contribution in [1.29, 1.82) is 0 Å². The molecule has 0 spiro atoms. The van der Waals surface area contributed by atoms with Gasteiger partial charge in [0, 0.05) is 12.6 Å². The quantitative estimate of drug-likeness (QED) is 0.763. The summed E-state index contributed by atoms with van der Waals surface area (Å²) in [4.78, 5) is 25.6. The van der Waals surface area contributed by atoms with Crippen LogP contribution < -0.4 is 0 Å². The summed E-state index contributed by atoms with van der Waals surface area (Å²) in [5.74, 6) is -1.22. The Morgan fingerprint density at radius 2 is 1.78 bits per heavy atom. The van der Waals surface area contributed by atoms with E-state index in [0.29, 0.717) is 18.8 Å². The van der Waals surface area contributed by atoms with Crippen molar-refractivity contribution in [3.05, 3.63) is 12.2 Å². The highest BCUT2D eigenvalue weighted by molar-refractivity contribution is 5.85. The molecule has 1 heterocycles. The van der Waals surface area contributed by atoms with E-state index in [4.69, 9.17) is 0 Å². The predicted molar refractivity (Wildman–Crippen MR) is 67.9 cm³/mol. The monoisotopic (exact) mass is 251 g/mol. The van der Waals surface area contributed by atoms with E-state index in [-0.39, 0.29) is 17.9 Å². The van der Waals surface area contributed by atoms with Crippen molar-refractivity contribution < 1.29 is 14.7 Å². The van der Waals surface area contributed by atoms with Crippen molar-refractivity contribution in [2.45, 2.75) is 39.2 Å². The lowest BCUT2D eigenvalue weighted by Crippen LogP contribution is -2.43. The second-order valence-corrected chi connectivity index (χ2v) is 5.67. The largest absolute Gasteiger partial charge is 0.481 e. The number of carbonyl (C=O) groups excluding carboxylic acids is 1. The summed E-state index contributed by atoms with van der Waals surface area (Å²) in [6.07, 6.45) is 5.87. The highest BCUT2D eigenvalue weighted by atomic mass is 16.4. The van der Waals surface area contributed by atoms with Crippen molar-refractivity contribution in [3.63, 3.8) is 0 Å². The SMILES string of the molecule is CC1CC(C)N(C(=O)C2CC=CCC2C(=O)O)C1. The number of rotatable bonds is 2. The maximum absolute atomic E-state index is 12.5. The van der Waals surface area contributed by atoms with Crippen LogP contribution in [0.4, 0.5) is 0 Å². The Bertz CT molecular complexity index is 377. The molecule has 0 bridgehead atoms. The van der Waals surface area contributed by atoms with Crippen LogP contribution in [0.3, 0.4) is 0 Å². The first-order valence-corrected chi connectivity index (χ1v) is 6.69. The predicted octanol–water partition coefficient (Wildman–Crippen LogP) is 1.91. The van der Waals surface area contributed by atoms with Gasteiger partial charge in [-0.15, -0.1) is 0 Å². The van der Waals surface area contributed by atoms with Crippen molar-refractivity contribution in [2.24, 2.45) is 17.8 Å². The van der Waals surface area contributed by atoms with Crippen LogP contribution in [0.2, 0.25) is 0 Å². The summed E-state index contributed by atoms with van der Waals surface area (Å²) < 4.78 is 0. The van der Waals surface area contributed by atoms with E-state index in [1.54, 1.807) is 0 Å². The third-order valence-electron chi connectivity index (χ3n) is 4.13. The van der Waals surface area contributed by atoms with E-state index in [1.165, 1.54) is 0 Å². The fraction of sp³-hybridized carbons (Fsp3) is 0.714. The zero-order valence-electron chi connectivity index (χ0n) is 11.0. The lowest BCUT2D eigenvalue weighted by Gasteiger charge is -2.31. The zero-order chi connectivity index (χ0) is 13.3. The van der Waals surface area contributed by atoms with Crippen molar-refractivity contribution in [1.82, 2.24) is 4.90 Å². The van der Waals surface area contributed by atoms with E-state index in [1.807, 2.05) is 17.1 Å². The molecule has 0 aromatic heterocycles. The van der Waals surface area contributed by atoms with Crippen LogP contribution in [0.15, 0.2) is 12.2 Å². The topological polar surface area (TPSA) is 57.6 Å². The molecule has 2 rings (SSSR count). The average Bonchev–Trinajstić information content (AvgIpc) is 2.67. The van der Waals surface area contributed by atoms with Gasteiger partial charge < -0.3 is 10.0 Å². The number of nitrogens with zero attached hydrogens (tertiary/aromatic N) is 1. The Balaban J connectivity index is 2.12. The van der Waals surface area contributed by atoms with Crippen molar-refractivity contribution >= 4 is 11.9 Å². The lowest BCUT2D eigenvalue weighted by molar-refractivity contribution is -0.150. The molecule has 1 fully saturated rings. The van der Waals surface area contributed by atoms with Crippen LogP contribution in [0, 0.1) is 17.8 Å². The Morgan fingerprint density at radius 3 is 2.28 bits per heavy atom. The molecule has 4 atom stereocenters. The first-order valence-electron chi connectivity index (χ1n) is 6.69. The molecule has 0 aromatic carbocycles. The van der Waals surface area contributed by atoms with E-state index in [9.17, 15) is 14.7 Å². The number of aliphatic carboxylic acids is 1. The van der Waals surface area contributed by atoms with E-state index >= 15 is 0 Å². The Labute approximate surface area is 108 Å². The molecule has 1 N–H and O–H groups in total. The number of carboxylic acids is 1. The number of hydrogen-bond acceptors (Lipinski definition) is 2. The molecule has 1 amide bonds. The van der Waals surface area contributed by atoms with Gasteiger partial charge in [-0.3, -0.25) is 9.59 Å². The van der Waals surface area contributed by atoms with Crippen molar-refractivity contribution in [2.75, 3.05) is 6.54 Å². The van der Waals surface area contributed by atoms with Gasteiger partial charge in [0.25, 0.3) is 0 Å². The van der Waals surface area contributed by atoms with Gasteiger partial charge in [0.1, 0.15) is 0 Å². The number of carbonyl (C=O) groups is 2. The van der Waals surface area contributed by atoms with E-state index in [0.717, 1.165) is 13.0 Å². The standard InChI is InChI=1S/C14H21NO3/c1-9-7-10(2)15(8-9)13(16)11-5-3-4-6-12(11)14(17)18/h3-4,9-12H,5-8H2,1-2H3,(H,17,18). The summed E-state index contributed by atoms with van der Waals surface area (Å²) in [6.45, 7) is 4.96. The number of carboxylic acid groups (broad SMARTS) is 1. The van der Waals surface area contributed by atoms with Crippen LogP contribution in [0.5, 0.6) is 0 Å². The summed E-state index contributed by atoms with van der Waals surface area (Å²) in [7, 11) is 0. The molecule has 2 aliphatic rings. The number of amides is 1. The minimum Gasteiger partial charge on any atom is -0.481 e. The average molecular weight is 251 g/mol. The Hall–Kier alpha value is -1.32.